The molecule has 0 atom stereocenters. The van der Waals surface area contributed by atoms with Crippen LogP contribution < -0.4 is 15.6 Å². The van der Waals surface area contributed by atoms with Gasteiger partial charge in [-0.25, -0.2) is 0 Å². The number of anilines is 1. The third-order valence-corrected chi connectivity index (χ3v) is 4.68. The lowest BCUT2D eigenvalue weighted by Gasteiger charge is -2.11. The van der Waals surface area contributed by atoms with E-state index in [1.807, 2.05) is 29.7 Å². The molecule has 7 nitrogen and oxygen atoms in total. The van der Waals surface area contributed by atoms with E-state index in [4.69, 9.17) is 4.74 Å². The molecule has 2 heterocycles. The number of carbonyl (C=O) groups is 1. The topological polar surface area (TPSA) is 78.2 Å². The lowest BCUT2D eigenvalue weighted by atomic mass is 10.1. The van der Waals surface area contributed by atoms with E-state index >= 15 is 0 Å². The molecule has 1 amide bonds. The van der Waals surface area contributed by atoms with Gasteiger partial charge in [0.15, 0.2) is 0 Å². The fourth-order valence-electron chi connectivity index (χ4n) is 3.13. The molecule has 2 aromatic carbocycles. The normalized spacial score (nSPS) is 10.8. The van der Waals surface area contributed by atoms with Crippen LogP contribution in [-0.4, -0.2) is 27.4 Å². The van der Waals surface area contributed by atoms with Crippen LogP contribution in [0.5, 0.6) is 5.75 Å². The Hall–Kier alpha value is -3.87. The van der Waals surface area contributed by atoms with Gasteiger partial charge in [0.05, 0.1) is 23.9 Å². The molecule has 1 N–H and O–H groups in total. The number of pyridine rings is 1. The second-order valence-electron chi connectivity index (χ2n) is 6.50. The molecule has 0 spiro atoms. The Morgan fingerprint density at radius 3 is 2.45 bits per heavy atom. The molecule has 0 aromatic heterocycles. The summed E-state index contributed by atoms with van der Waals surface area (Å²) in [6.45, 7) is 2.57. The second kappa shape index (κ2) is 7.63. The maximum Gasteiger partial charge on any atom is 0.282 e. The first kappa shape index (κ1) is 18.5. The van der Waals surface area contributed by atoms with Crippen molar-refractivity contribution < 1.29 is 9.53 Å². The minimum absolute atomic E-state index is 0.257. The highest BCUT2D eigenvalue weighted by Gasteiger charge is 2.24. The molecule has 0 aliphatic carbocycles. The first-order chi connectivity index (χ1) is 14.1. The highest BCUT2D eigenvalue weighted by molar-refractivity contribution is 6.08. The Morgan fingerprint density at radius 2 is 1.79 bits per heavy atom. The largest absolute Gasteiger partial charge is 0.497 e. The van der Waals surface area contributed by atoms with Crippen molar-refractivity contribution >= 4 is 11.6 Å². The number of hydrogen-bond acceptors (Lipinski definition) is 4. The number of ether oxygens (including phenoxy) is 1. The van der Waals surface area contributed by atoms with Crippen molar-refractivity contribution in [1.29, 1.82) is 0 Å². The molecular weight excluding hydrogens is 368 g/mol. The number of para-hydroxylation sites is 1. The number of amides is 1. The van der Waals surface area contributed by atoms with Gasteiger partial charge in [0, 0.05) is 24.6 Å². The minimum atomic E-state index is -0.333. The van der Waals surface area contributed by atoms with E-state index in [9.17, 15) is 9.59 Å². The number of aryl methyl sites for hydroxylation is 1. The van der Waals surface area contributed by atoms with Gasteiger partial charge >= 0.3 is 0 Å². The molecule has 2 aliphatic heterocycles. The first-order valence-electron chi connectivity index (χ1n) is 9.24. The molecule has 29 heavy (non-hydrogen) atoms. The van der Waals surface area contributed by atoms with Crippen LogP contribution in [0, 0.1) is 0 Å². The zero-order valence-electron chi connectivity index (χ0n) is 16.1. The third-order valence-electron chi connectivity index (χ3n) is 4.68. The Kier molecular flexibility index (Phi) is 4.87. The van der Waals surface area contributed by atoms with Gasteiger partial charge in [-0.05, 0) is 43.3 Å². The van der Waals surface area contributed by atoms with Crippen molar-refractivity contribution in [2.45, 2.75) is 13.5 Å². The van der Waals surface area contributed by atoms with Gasteiger partial charge in [0.2, 0.25) is 0 Å². The van der Waals surface area contributed by atoms with E-state index in [0.717, 1.165) is 0 Å². The van der Waals surface area contributed by atoms with Gasteiger partial charge in [0.25, 0.3) is 11.5 Å². The average molecular weight is 388 g/mol. The number of fused-ring (bicyclic) bond motifs is 1. The fraction of sp³-hybridized carbons (Fsp3) is 0.136. The van der Waals surface area contributed by atoms with Gasteiger partial charge < -0.3 is 14.6 Å². The Bertz CT molecular complexity index is 1180. The summed E-state index contributed by atoms with van der Waals surface area (Å²) < 4.78 is 8.28. The molecule has 0 radical (unpaired) electrons. The van der Waals surface area contributed by atoms with Crippen LogP contribution in [0.1, 0.15) is 17.3 Å². The van der Waals surface area contributed by atoms with E-state index in [1.54, 1.807) is 55.9 Å². The zero-order valence-corrected chi connectivity index (χ0v) is 16.1. The summed E-state index contributed by atoms with van der Waals surface area (Å²) in [6.07, 6.45) is 3.44. The Morgan fingerprint density at radius 1 is 1.07 bits per heavy atom. The summed E-state index contributed by atoms with van der Waals surface area (Å²) in [5.74, 6) is 0.368. The lowest BCUT2D eigenvalue weighted by molar-refractivity contribution is 0.102. The molecule has 0 saturated heterocycles. The van der Waals surface area contributed by atoms with Crippen LogP contribution in [0.25, 0.3) is 16.9 Å². The van der Waals surface area contributed by atoms with Gasteiger partial charge in [-0.15, -0.1) is 0 Å². The number of nitrogens with zero attached hydrogens (tertiary/aromatic N) is 3. The van der Waals surface area contributed by atoms with E-state index < -0.39 is 0 Å². The fourth-order valence-corrected chi connectivity index (χ4v) is 3.13. The summed E-state index contributed by atoms with van der Waals surface area (Å²) in [4.78, 5) is 25.9. The highest BCUT2D eigenvalue weighted by Crippen LogP contribution is 2.24. The molecule has 0 bridgehead atoms. The zero-order chi connectivity index (χ0) is 20.4. The molecule has 0 fully saturated rings. The monoisotopic (exact) mass is 388 g/mol. The van der Waals surface area contributed by atoms with Crippen LogP contribution in [-0.2, 0) is 6.54 Å². The van der Waals surface area contributed by atoms with Gasteiger partial charge in [0.1, 0.15) is 11.4 Å². The number of nitrogens with one attached hydrogen (secondary N) is 1. The second-order valence-corrected chi connectivity index (χ2v) is 6.50. The maximum absolute atomic E-state index is 13.0. The number of aromatic nitrogens is 3. The number of methoxy groups -OCH3 is 1. The number of rotatable bonds is 5. The highest BCUT2D eigenvalue weighted by atomic mass is 16.5. The summed E-state index contributed by atoms with van der Waals surface area (Å²) in [6, 6.07) is 16.2. The third kappa shape index (κ3) is 3.50. The van der Waals surface area contributed by atoms with E-state index in [1.165, 1.54) is 4.68 Å². The number of hydrogen-bond donors (Lipinski definition) is 1. The Balaban J connectivity index is 1.78. The lowest BCUT2D eigenvalue weighted by Crippen LogP contribution is -2.17. The van der Waals surface area contributed by atoms with Crippen molar-refractivity contribution in [3.05, 3.63) is 82.9 Å². The van der Waals surface area contributed by atoms with E-state index in [0.29, 0.717) is 40.5 Å². The molecule has 146 valence electrons. The summed E-state index contributed by atoms with van der Waals surface area (Å²) in [5.41, 5.74) is 2.13. The molecule has 0 saturated carbocycles. The molecule has 2 aromatic rings. The minimum Gasteiger partial charge on any atom is -0.497 e. The van der Waals surface area contributed by atoms with Crippen molar-refractivity contribution in [3.63, 3.8) is 0 Å². The average Bonchev–Trinajstić information content (AvgIpc) is 3.10. The summed E-state index contributed by atoms with van der Waals surface area (Å²) >= 11 is 0. The standard InChI is InChI=1S/C22H20N4O3/c1-3-25-13-18(21(27)23-15-9-11-17(29-2)12-10-15)20-19(14-25)22(28)26(24-20)16-7-5-4-6-8-16/h4-14H,3H2,1-2H3,(H,23,27). The van der Waals surface area contributed by atoms with Crippen molar-refractivity contribution in [3.8, 4) is 22.7 Å². The van der Waals surface area contributed by atoms with Crippen LogP contribution in [0.3, 0.4) is 0 Å². The van der Waals surface area contributed by atoms with Gasteiger partial charge in [-0.1, -0.05) is 18.2 Å². The summed E-state index contributed by atoms with van der Waals surface area (Å²) in [5, 5.41) is 7.32. The van der Waals surface area contributed by atoms with Crippen molar-refractivity contribution in [2.75, 3.05) is 12.4 Å². The van der Waals surface area contributed by atoms with Crippen LogP contribution in [0.2, 0.25) is 0 Å². The van der Waals surface area contributed by atoms with Crippen LogP contribution in [0.15, 0.2) is 71.8 Å². The van der Waals surface area contributed by atoms with Crippen LogP contribution >= 0.6 is 0 Å². The van der Waals surface area contributed by atoms with E-state index in [-0.39, 0.29) is 11.5 Å². The predicted octanol–water partition coefficient (Wildman–Crippen LogP) is 3.42. The quantitative estimate of drug-likeness (QED) is 0.568. The van der Waals surface area contributed by atoms with Crippen molar-refractivity contribution in [2.24, 2.45) is 0 Å². The SMILES string of the molecule is CCn1cc(C(=O)Nc2ccc(OC)cc2)c2nn(-c3ccccc3)c(=O)c-2c1. The molecule has 0 unspecified atom stereocenters. The van der Waals surface area contributed by atoms with Crippen molar-refractivity contribution in [1.82, 2.24) is 14.3 Å². The molecule has 7 heteroatoms. The molecule has 4 rings (SSSR count). The summed E-state index contributed by atoms with van der Waals surface area (Å²) in [7, 11) is 1.58. The van der Waals surface area contributed by atoms with E-state index in [2.05, 4.69) is 10.4 Å². The van der Waals surface area contributed by atoms with Crippen LogP contribution in [0.4, 0.5) is 5.69 Å². The maximum atomic E-state index is 13.0. The van der Waals surface area contributed by atoms with Gasteiger partial charge in [-0.2, -0.15) is 9.78 Å². The Labute approximate surface area is 167 Å². The first-order valence-corrected chi connectivity index (χ1v) is 9.24. The number of carbonyl (C=O) groups excluding carboxylic acids is 1. The number of benzene rings is 2. The predicted molar refractivity (Wildman–Crippen MR) is 111 cm³/mol. The smallest absolute Gasteiger partial charge is 0.282 e. The molecular formula is C22H20N4O3. The van der Waals surface area contributed by atoms with Gasteiger partial charge in [-0.3, -0.25) is 9.59 Å². The molecule has 2 aliphatic rings.